The van der Waals surface area contributed by atoms with Crippen molar-refractivity contribution in [1.82, 2.24) is 9.80 Å². The Balaban J connectivity index is 1.86. The Labute approximate surface area is 124 Å². The van der Waals surface area contributed by atoms with Gasteiger partial charge in [-0.25, -0.2) is 0 Å². The van der Waals surface area contributed by atoms with Gasteiger partial charge in [0.2, 0.25) is 0 Å². The molecule has 106 valence electrons. The van der Waals surface area contributed by atoms with Crippen LogP contribution in [0.1, 0.15) is 12.0 Å². The number of likely N-dealkylation sites (N-methyl/N-ethyl adjacent to an activating group) is 2. The lowest BCUT2D eigenvalue weighted by Gasteiger charge is -2.38. The second-order valence-corrected chi connectivity index (χ2v) is 6.53. The Bertz CT molecular complexity index is 396. The number of aliphatic hydroxyl groups excluding tert-OH is 1. The fourth-order valence-corrected chi connectivity index (χ4v) is 2.91. The molecule has 2 unspecified atom stereocenters. The van der Waals surface area contributed by atoms with Gasteiger partial charge in [-0.05, 0) is 44.6 Å². The molecule has 0 radical (unpaired) electrons. The van der Waals surface area contributed by atoms with Crippen LogP contribution in [0.15, 0.2) is 28.7 Å². The summed E-state index contributed by atoms with van der Waals surface area (Å²) in [6.07, 6.45) is 1.32. The largest absolute Gasteiger partial charge is 0.393 e. The van der Waals surface area contributed by atoms with Crippen molar-refractivity contribution in [2.24, 2.45) is 0 Å². The lowest BCUT2D eigenvalue weighted by molar-refractivity contribution is 0.0639. The molecule has 1 aromatic rings. The van der Waals surface area contributed by atoms with Gasteiger partial charge in [0.25, 0.3) is 0 Å². The number of piperazine rings is 1. The third-order valence-electron chi connectivity index (χ3n) is 3.91. The van der Waals surface area contributed by atoms with Gasteiger partial charge in [-0.2, -0.15) is 0 Å². The van der Waals surface area contributed by atoms with Crippen molar-refractivity contribution in [3.05, 3.63) is 34.3 Å². The molecule has 4 heteroatoms. The summed E-state index contributed by atoms with van der Waals surface area (Å²) in [4.78, 5) is 4.71. The highest BCUT2D eigenvalue weighted by Gasteiger charge is 2.24. The van der Waals surface area contributed by atoms with Gasteiger partial charge < -0.3 is 14.9 Å². The van der Waals surface area contributed by atoms with Crippen molar-refractivity contribution >= 4 is 15.9 Å². The summed E-state index contributed by atoms with van der Waals surface area (Å²) in [5.74, 6) is 0. The van der Waals surface area contributed by atoms with Crippen molar-refractivity contribution < 1.29 is 5.11 Å². The average Bonchev–Trinajstić information content (AvgIpc) is 2.37. The second-order valence-electron chi connectivity index (χ2n) is 5.62. The van der Waals surface area contributed by atoms with E-state index in [4.69, 9.17) is 0 Å². The number of hydrogen-bond donors (Lipinski definition) is 1. The minimum Gasteiger partial charge on any atom is -0.393 e. The van der Waals surface area contributed by atoms with E-state index in [0.29, 0.717) is 6.04 Å². The number of rotatable bonds is 4. The molecule has 1 aliphatic heterocycles. The van der Waals surface area contributed by atoms with E-state index in [2.05, 4.69) is 52.0 Å². The minimum absolute atomic E-state index is 0.264. The molecular weight excluding hydrogens is 304 g/mol. The van der Waals surface area contributed by atoms with Crippen LogP contribution in [-0.2, 0) is 6.42 Å². The maximum absolute atomic E-state index is 10.3. The smallest absolute Gasteiger partial charge is 0.0595 e. The van der Waals surface area contributed by atoms with Gasteiger partial charge >= 0.3 is 0 Å². The van der Waals surface area contributed by atoms with E-state index in [1.165, 1.54) is 5.56 Å². The van der Waals surface area contributed by atoms with Crippen molar-refractivity contribution in [2.75, 3.05) is 33.7 Å². The number of nitrogens with zero attached hydrogens (tertiary/aromatic N) is 2. The fraction of sp³-hybridized carbons (Fsp3) is 0.600. The molecule has 1 heterocycles. The molecule has 1 fully saturated rings. The molecule has 1 saturated heterocycles. The normalized spacial score (nSPS) is 23.5. The predicted molar refractivity (Wildman–Crippen MR) is 82.4 cm³/mol. The summed E-state index contributed by atoms with van der Waals surface area (Å²) in [5.41, 5.74) is 1.20. The van der Waals surface area contributed by atoms with E-state index in [1.54, 1.807) is 0 Å². The van der Waals surface area contributed by atoms with Gasteiger partial charge in [-0.15, -0.1) is 0 Å². The summed E-state index contributed by atoms with van der Waals surface area (Å²) in [7, 11) is 4.31. The molecule has 2 atom stereocenters. The molecule has 1 N–H and O–H groups in total. The quantitative estimate of drug-likeness (QED) is 0.916. The molecule has 0 bridgehead atoms. The first-order valence-electron chi connectivity index (χ1n) is 6.86. The molecule has 0 aliphatic carbocycles. The van der Waals surface area contributed by atoms with Gasteiger partial charge in [0.05, 0.1) is 6.10 Å². The molecule has 0 spiro atoms. The molecule has 0 saturated carbocycles. The molecule has 0 amide bonds. The highest BCUT2D eigenvalue weighted by Crippen LogP contribution is 2.16. The summed E-state index contributed by atoms with van der Waals surface area (Å²) in [6, 6.07) is 8.67. The first kappa shape index (κ1) is 15.0. The zero-order valence-electron chi connectivity index (χ0n) is 11.7. The lowest BCUT2D eigenvalue weighted by atomic mass is 10.00. The van der Waals surface area contributed by atoms with Gasteiger partial charge in [0.1, 0.15) is 0 Å². The monoisotopic (exact) mass is 326 g/mol. The van der Waals surface area contributed by atoms with Crippen LogP contribution in [0.25, 0.3) is 0 Å². The summed E-state index contributed by atoms with van der Waals surface area (Å²) in [5, 5.41) is 10.3. The molecule has 1 aliphatic rings. The topological polar surface area (TPSA) is 26.7 Å². The zero-order valence-corrected chi connectivity index (χ0v) is 13.3. The Morgan fingerprint density at radius 1 is 1.26 bits per heavy atom. The van der Waals surface area contributed by atoms with Gasteiger partial charge in [0, 0.05) is 30.1 Å². The maximum atomic E-state index is 10.3. The number of halogens is 1. The van der Waals surface area contributed by atoms with Crippen molar-refractivity contribution in [3.8, 4) is 0 Å². The van der Waals surface area contributed by atoms with E-state index in [-0.39, 0.29) is 6.10 Å². The van der Waals surface area contributed by atoms with Gasteiger partial charge in [0.15, 0.2) is 0 Å². The van der Waals surface area contributed by atoms with Crippen molar-refractivity contribution in [1.29, 1.82) is 0 Å². The first-order valence-corrected chi connectivity index (χ1v) is 7.65. The zero-order chi connectivity index (χ0) is 13.8. The summed E-state index contributed by atoms with van der Waals surface area (Å²) < 4.78 is 1.08. The molecular formula is C15H23BrN2O. The van der Waals surface area contributed by atoms with Crippen LogP contribution in [-0.4, -0.2) is 60.8 Å². The number of aliphatic hydroxyl groups is 1. The minimum atomic E-state index is -0.264. The lowest BCUT2D eigenvalue weighted by Crippen LogP contribution is -2.51. The molecule has 2 rings (SSSR count). The molecule has 3 nitrogen and oxygen atoms in total. The van der Waals surface area contributed by atoms with Crippen LogP contribution in [0.4, 0.5) is 0 Å². The van der Waals surface area contributed by atoms with E-state index >= 15 is 0 Å². The average molecular weight is 327 g/mol. The maximum Gasteiger partial charge on any atom is 0.0595 e. The van der Waals surface area contributed by atoms with Crippen LogP contribution in [0.5, 0.6) is 0 Å². The Morgan fingerprint density at radius 3 is 2.63 bits per heavy atom. The Morgan fingerprint density at radius 2 is 1.95 bits per heavy atom. The second kappa shape index (κ2) is 6.84. The fourth-order valence-electron chi connectivity index (χ4n) is 2.65. The third-order valence-corrected chi connectivity index (χ3v) is 4.44. The van der Waals surface area contributed by atoms with Crippen molar-refractivity contribution in [2.45, 2.75) is 25.0 Å². The van der Waals surface area contributed by atoms with Crippen LogP contribution < -0.4 is 0 Å². The highest BCUT2D eigenvalue weighted by atomic mass is 79.9. The SMILES string of the molecule is CN1CCN(C)C(CC(O)Cc2ccc(Br)cc2)C1. The van der Waals surface area contributed by atoms with E-state index in [1.807, 2.05) is 12.1 Å². The predicted octanol–water partition coefficient (Wildman–Crippen LogP) is 1.99. The summed E-state index contributed by atoms with van der Waals surface area (Å²) in [6.45, 7) is 3.26. The number of hydrogen-bond acceptors (Lipinski definition) is 3. The van der Waals surface area contributed by atoms with Crippen molar-refractivity contribution in [3.63, 3.8) is 0 Å². The third kappa shape index (κ3) is 4.56. The van der Waals surface area contributed by atoms with Crippen LogP contribution >= 0.6 is 15.9 Å². The van der Waals surface area contributed by atoms with Gasteiger partial charge in [-0.1, -0.05) is 28.1 Å². The Kier molecular flexibility index (Phi) is 5.39. The number of benzene rings is 1. The van der Waals surface area contributed by atoms with E-state index < -0.39 is 0 Å². The first-order chi connectivity index (χ1) is 9.04. The van der Waals surface area contributed by atoms with Gasteiger partial charge in [-0.3, -0.25) is 0 Å². The van der Waals surface area contributed by atoms with Crippen LogP contribution in [0.3, 0.4) is 0 Å². The Hall–Kier alpha value is -0.420. The highest BCUT2D eigenvalue weighted by molar-refractivity contribution is 9.10. The van der Waals surface area contributed by atoms with Crippen LogP contribution in [0, 0.1) is 0 Å². The standard InChI is InChI=1S/C15H23BrN2O/c1-17-7-8-18(2)14(11-17)10-15(19)9-12-3-5-13(16)6-4-12/h3-6,14-15,19H,7-11H2,1-2H3. The van der Waals surface area contributed by atoms with Crippen LogP contribution in [0.2, 0.25) is 0 Å². The molecule has 19 heavy (non-hydrogen) atoms. The molecule has 1 aromatic carbocycles. The van der Waals surface area contributed by atoms with E-state index in [9.17, 15) is 5.11 Å². The molecule has 0 aromatic heterocycles. The summed E-state index contributed by atoms with van der Waals surface area (Å²) >= 11 is 3.43. The van der Waals surface area contributed by atoms with E-state index in [0.717, 1.165) is 36.9 Å².